The first-order valence-corrected chi connectivity index (χ1v) is 9.17. The highest BCUT2D eigenvalue weighted by molar-refractivity contribution is 5.82. The summed E-state index contributed by atoms with van der Waals surface area (Å²) < 4.78 is 5.15. The second kappa shape index (κ2) is 8.53. The molecule has 0 bridgehead atoms. The third kappa shape index (κ3) is 4.76. The van der Waals surface area contributed by atoms with Gasteiger partial charge in [0, 0.05) is 31.8 Å². The van der Waals surface area contributed by atoms with Gasteiger partial charge >= 0.3 is 6.09 Å². The normalized spacial score (nSPS) is 24.9. The molecule has 3 rings (SSSR count). The standard InChI is InChI=1S/C18H24N4O6/c1-20-10-15(23)8-16(20)17(24)21-7-6-13(9-21)19-18(25)28-11-12-2-4-14(5-3-12)22(26)27/h2-5,13,15-16,23H,6-11H2,1H3,(H,19,25)/t13-,15+,16-/m0/s1. The summed E-state index contributed by atoms with van der Waals surface area (Å²) in [6.07, 6.45) is -0.00519. The van der Waals surface area contributed by atoms with Crippen molar-refractivity contribution in [3.8, 4) is 0 Å². The summed E-state index contributed by atoms with van der Waals surface area (Å²) in [5.41, 5.74) is 0.621. The lowest BCUT2D eigenvalue weighted by atomic mass is 10.2. The molecule has 2 aliphatic rings. The number of nitrogens with one attached hydrogen (secondary N) is 1. The van der Waals surface area contributed by atoms with Gasteiger partial charge in [-0.2, -0.15) is 0 Å². The first kappa shape index (κ1) is 20.0. The van der Waals surface area contributed by atoms with Crippen molar-refractivity contribution in [3.63, 3.8) is 0 Å². The van der Waals surface area contributed by atoms with Crippen LogP contribution in [0.25, 0.3) is 0 Å². The molecule has 1 aromatic rings. The summed E-state index contributed by atoms with van der Waals surface area (Å²) in [5, 5.41) is 23.1. The molecule has 28 heavy (non-hydrogen) atoms. The van der Waals surface area contributed by atoms with Crippen molar-refractivity contribution in [3.05, 3.63) is 39.9 Å². The molecule has 3 atom stereocenters. The molecule has 0 aromatic heterocycles. The molecule has 10 heteroatoms. The number of aliphatic hydroxyl groups is 1. The number of non-ortho nitro benzene ring substituents is 1. The van der Waals surface area contributed by atoms with Crippen molar-refractivity contribution < 1.29 is 24.4 Å². The Bertz CT molecular complexity index is 740. The van der Waals surface area contributed by atoms with E-state index in [1.54, 1.807) is 4.90 Å². The lowest BCUT2D eigenvalue weighted by molar-refractivity contribution is -0.384. The molecule has 1 aromatic carbocycles. The monoisotopic (exact) mass is 392 g/mol. The fourth-order valence-electron chi connectivity index (χ4n) is 3.62. The van der Waals surface area contributed by atoms with Crippen LogP contribution in [0, 0.1) is 10.1 Å². The van der Waals surface area contributed by atoms with E-state index in [2.05, 4.69) is 5.32 Å². The highest BCUT2D eigenvalue weighted by Crippen LogP contribution is 2.20. The van der Waals surface area contributed by atoms with Gasteiger partial charge in [-0.15, -0.1) is 0 Å². The van der Waals surface area contributed by atoms with E-state index >= 15 is 0 Å². The van der Waals surface area contributed by atoms with Crippen molar-refractivity contribution in [2.45, 2.75) is 37.6 Å². The Kier molecular flexibility index (Phi) is 6.10. The smallest absolute Gasteiger partial charge is 0.407 e. The number of nitrogens with zero attached hydrogens (tertiary/aromatic N) is 3. The third-order valence-electron chi connectivity index (χ3n) is 5.15. The fraction of sp³-hybridized carbons (Fsp3) is 0.556. The summed E-state index contributed by atoms with van der Waals surface area (Å²) in [6, 6.07) is 5.27. The molecule has 0 aliphatic carbocycles. The van der Waals surface area contributed by atoms with Gasteiger partial charge in [0.15, 0.2) is 0 Å². The van der Waals surface area contributed by atoms with Crippen molar-refractivity contribution in [2.24, 2.45) is 0 Å². The minimum Gasteiger partial charge on any atom is -0.445 e. The van der Waals surface area contributed by atoms with Gasteiger partial charge in [-0.3, -0.25) is 19.8 Å². The van der Waals surface area contributed by atoms with Gasteiger partial charge in [-0.25, -0.2) is 4.79 Å². The molecule has 0 radical (unpaired) electrons. The van der Waals surface area contributed by atoms with Crippen LogP contribution in [0.5, 0.6) is 0 Å². The second-order valence-electron chi connectivity index (χ2n) is 7.26. The number of carbonyl (C=O) groups is 2. The van der Waals surface area contributed by atoms with E-state index in [0.29, 0.717) is 38.0 Å². The molecule has 2 aliphatic heterocycles. The molecule has 0 spiro atoms. The van der Waals surface area contributed by atoms with Gasteiger partial charge in [0.05, 0.1) is 23.1 Å². The lowest BCUT2D eigenvalue weighted by Gasteiger charge is -2.24. The number of aliphatic hydroxyl groups excluding tert-OH is 1. The Labute approximate surface area is 162 Å². The summed E-state index contributed by atoms with van der Waals surface area (Å²) >= 11 is 0. The van der Waals surface area contributed by atoms with Crippen molar-refractivity contribution >= 4 is 17.7 Å². The molecule has 2 saturated heterocycles. The van der Waals surface area contributed by atoms with Gasteiger partial charge in [-0.05, 0) is 37.6 Å². The van der Waals surface area contributed by atoms with E-state index in [0.717, 1.165) is 0 Å². The number of amides is 2. The number of nitro groups is 1. The molecule has 0 unspecified atom stereocenters. The van der Waals surface area contributed by atoms with Gasteiger partial charge in [-0.1, -0.05) is 0 Å². The summed E-state index contributed by atoms with van der Waals surface area (Å²) in [5.74, 6) is -0.0254. The van der Waals surface area contributed by atoms with Crippen molar-refractivity contribution in [1.82, 2.24) is 15.1 Å². The van der Waals surface area contributed by atoms with E-state index in [1.165, 1.54) is 24.3 Å². The highest BCUT2D eigenvalue weighted by Gasteiger charge is 2.38. The van der Waals surface area contributed by atoms with Crippen LogP contribution in [0.1, 0.15) is 18.4 Å². The van der Waals surface area contributed by atoms with Crippen LogP contribution in [-0.4, -0.2) is 76.7 Å². The van der Waals surface area contributed by atoms with Crippen LogP contribution in [-0.2, 0) is 16.1 Å². The zero-order valence-corrected chi connectivity index (χ0v) is 15.6. The number of carbonyl (C=O) groups excluding carboxylic acids is 2. The Morgan fingerprint density at radius 2 is 2.04 bits per heavy atom. The van der Waals surface area contributed by atoms with Gasteiger partial charge in [0.1, 0.15) is 6.61 Å². The molecule has 10 nitrogen and oxygen atoms in total. The Hall–Kier alpha value is -2.72. The van der Waals surface area contributed by atoms with Crippen LogP contribution in [0.2, 0.25) is 0 Å². The molecule has 0 saturated carbocycles. The van der Waals surface area contributed by atoms with Gasteiger partial charge < -0.3 is 20.1 Å². The van der Waals surface area contributed by atoms with Crippen molar-refractivity contribution in [1.29, 1.82) is 0 Å². The molecule has 152 valence electrons. The summed E-state index contributed by atoms with van der Waals surface area (Å²) in [7, 11) is 1.82. The lowest BCUT2D eigenvalue weighted by Crippen LogP contribution is -2.45. The Morgan fingerprint density at radius 3 is 2.64 bits per heavy atom. The highest BCUT2D eigenvalue weighted by atomic mass is 16.6. The summed E-state index contributed by atoms with van der Waals surface area (Å²) in [6.45, 7) is 1.45. The van der Waals surface area contributed by atoms with Crippen LogP contribution in [0.4, 0.5) is 10.5 Å². The van der Waals surface area contributed by atoms with Crippen LogP contribution < -0.4 is 5.32 Å². The molecular weight excluding hydrogens is 368 g/mol. The average molecular weight is 392 g/mol. The first-order valence-electron chi connectivity index (χ1n) is 9.17. The number of likely N-dealkylation sites (N-methyl/N-ethyl adjacent to an activating group) is 1. The largest absolute Gasteiger partial charge is 0.445 e. The van der Waals surface area contributed by atoms with E-state index in [1.807, 2.05) is 11.9 Å². The number of rotatable bonds is 5. The molecule has 2 fully saturated rings. The number of alkyl carbamates (subject to hydrolysis) is 1. The van der Waals surface area contributed by atoms with E-state index < -0.39 is 17.1 Å². The number of ether oxygens (including phenoxy) is 1. The maximum atomic E-state index is 12.6. The number of hydrogen-bond donors (Lipinski definition) is 2. The van der Waals surface area contributed by atoms with Gasteiger partial charge in [0.2, 0.25) is 5.91 Å². The number of likely N-dealkylation sites (tertiary alicyclic amines) is 2. The number of hydrogen-bond acceptors (Lipinski definition) is 7. The van der Waals surface area contributed by atoms with Gasteiger partial charge in [0.25, 0.3) is 5.69 Å². The average Bonchev–Trinajstić information content (AvgIpc) is 3.25. The van der Waals surface area contributed by atoms with Crippen LogP contribution in [0.15, 0.2) is 24.3 Å². The zero-order chi connectivity index (χ0) is 20.3. The second-order valence-corrected chi connectivity index (χ2v) is 7.26. The molecule has 2 N–H and O–H groups in total. The number of benzene rings is 1. The topological polar surface area (TPSA) is 125 Å². The Morgan fingerprint density at radius 1 is 1.32 bits per heavy atom. The SMILES string of the molecule is CN1C[C@H](O)C[C@H]1C(=O)N1CC[C@H](NC(=O)OCc2ccc([N+](=O)[O-])cc2)C1. The zero-order valence-electron chi connectivity index (χ0n) is 15.6. The first-order chi connectivity index (χ1) is 13.3. The van der Waals surface area contributed by atoms with E-state index in [4.69, 9.17) is 4.74 Å². The number of β-amino-alcohol motifs (C(OH)–C–C–N with tert-alkyl or cyclic N) is 1. The maximum absolute atomic E-state index is 12.6. The van der Waals surface area contributed by atoms with Crippen molar-refractivity contribution in [2.75, 3.05) is 26.7 Å². The molecule has 2 heterocycles. The molecular formula is C18H24N4O6. The van der Waals surface area contributed by atoms with E-state index in [-0.39, 0.29) is 30.3 Å². The maximum Gasteiger partial charge on any atom is 0.407 e. The third-order valence-corrected chi connectivity index (χ3v) is 5.15. The van der Waals surface area contributed by atoms with E-state index in [9.17, 15) is 24.8 Å². The minimum absolute atomic E-state index is 0.00392. The summed E-state index contributed by atoms with van der Waals surface area (Å²) in [4.78, 5) is 38.3. The van der Waals surface area contributed by atoms with Crippen LogP contribution in [0.3, 0.4) is 0 Å². The predicted octanol–water partition coefficient (Wildman–Crippen LogP) is 0.487. The quantitative estimate of drug-likeness (QED) is 0.552. The number of nitro benzene ring substituents is 1. The van der Waals surface area contributed by atoms with Crippen LogP contribution >= 0.6 is 0 Å². The fourth-order valence-corrected chi connectivity index (χ4v) is 3.62. The molecule has 2 amide bonds. The Balaban J connectivity index is 1.43. The minimum atomic E-state index is -0.592. The predicted molar refractivity (Wildman–Crippen MR) is 98.4 cm³/mol.